The number of rotatable bonds is 4. The smallest absolute Gasteiger partial charge is 0.159 e. The highest BCUT2D eigenvalue weighted by molar-refractivity contribution is 5.17. The zero-order valence-electron chi connectivity index (χ0n) is 10.8. The van der Waals surface area contributed by atoms with Gasteiger partial charge in [-0.3, -0.25) is 0 Å². The first kappa shape index (κ1) is 13.4. The number of nitrogens with zero attached hydrogens (tertiary/aromatic N) is 1. The predicted octanol–water partition coefficient (Wildman–Crippen LogP) is 2.40. The summed E-state index contributed by atoms with van der Waals surface area (Å²) in [6, 6.07) is 4.06. The Morgan fingerprint density at radius 1 is 1.33 bits per heavy atom. The fourth-order valence-electron chi connectivity index (χ4n) is 2.51. The number of halogens is 2. The van der Waals surface area contributed by atoms with Crippen LogP contribution in [-0.2, 0) is 6.54 Å². The lowest BCUT2D eigenvalue weighted by Gasteiger charge is -2.29. The molecule has 100 valence electrons. The molecule has 18 heavy (non-hydrogen) atoms. The molecule has 0 aromatic heterocycles. The number of hydrogen-bond donors (Lipinski definition) is 1. The van der Waals surface area contributed by atoms with Crippen LogP contribution < -0.4 is 5.32 Å². The summed E-state index contributed by atoms with van der Waals surface area (Å²) in [7, 11) is 2.14. The molecule has 4 heteroatoms. The van der Waals surface area contributed by atoms with Gasteiger partial charge in [-0.1, -0.05) is 6.07 Å². The van der Waals surface area contributed by atoms with Gasteiger partial charge in [0.15, 0.2) is 11.6 Å². The Kier molecular flexibility index (Phi) is 4.66. The first-order valence-corrected chi connectivity index (χ1v) is 6.48. The van der Waals surface area contributed by atoms with Gasteiger partial charge in [0.05, 0.1) is 0 Å². The fraction of sp³-hybridized carbons (Fsp3) is 0.571. The molecule has 1 aliphatic rings. The summed E-state index contributed by atoms with van der Waals surface area (Å²) < 4.78 is 25.8. The zero-order chi connectivity index (χ0) is 13.0. The Morgan fingerprint density at radius 2 is 2.17 bits per heavy atom. The predicted molar refractivity (Wildman–Crippen MR) is 68.3 cm³/mol. The molecule has 1 saturated heterocycles. The van der Waals surface area contributed by atoms with Crippen LogP contribution in [0.15, 0.2) is 18.2 Å². The number of nitrogens with one attached hydrogen (secondary N) is 1. The highest BCUT2D eigenvalue weighted by atomic mass is 19.2. The van der Waals surface area contributed by atoms with Gasteiger partial charge in [0.1, 0.15) is 0 Å². The normalized spacial score (nSPS) is 21.2. The summed E-state index contributed by atoms with van der Waals surface area (Å²) in [5, 5.41) is 3.32. The molecule has 2 nitrogen and oxygen atoms in total. The third-order valence-corrected chi connectivity index (χ3v) is 3.47. The fourth-order valence-corrected chi connectivity index (χ4v) is 2.51. The summed E-state index contributed by atoms with van der Waals surface area (Å²) in [5.41, 5.74) is 0.790. The van der Waals surface area contributed by atoms with Gasteiger partial charge >= 0.3 is 0 Å². The maximum Gasteiger partial charge on any atom is 0.159 e. The van der Waals surface area contributed by atoms with Gasteiger partial charge < -0.3 is 10.2 Å². The largest absolute Gasteiger partial charge is 0.312 e. The van der Waals surface area contributed by atoms with Gasteiger partial charge in [-0.2, -0.15) is 0 Å². The van der Waals surface area contributed by atoms with Crippen LogP contribution in [0.2, 0.25) is 0 Å². The van der Waals surface area contributed by atoms with E-state index in [2.05, 4.69) is 17.3 Å². The van der Waals surface area contributed by atoms with Crippen LogP contribution in [0.4, 0.5) is 8.78 Å². The highest BCUT2D eigenvalue weighted by Crippen LogP contribution is 2.14. The number of piperidine rings is 1. The van der Waals surface area contributed by atoms with Crippen molar-refractivity contribution in [2.45, 2.75) is 19.4 Å². The molecule has 1 atom stereocenters. The molecule has 0 bridgehead atoms. The lowest BCUT2D eigenvalue weighted by molar-refractivity contribution is 0.206. The summed E-state index contributed by atoms with van der Waals surface area (Å²) in [6.45, 7) is 3.82. The monoisotopic (exact) mass is 254 g/mol. The molecule has 1 aromatic rings. The number of likely N-dealkylation sites (tertiary alicyclic amines) is 1. The Labute approximate surface area is 107 Å². The summed E-state index contributed by atoms with van der Waals surface area (Å²) in [4.78, 5) is 2.34. The molecule has 1 fully saturated rings. The summed E-state index contributed by atoms with van der Waals surface area (Å²) >= 11 is 0. The first-order valence-electron chi connectivity index (χ1n) is 6.48. The third-order valence-electron chi connectivity index (χ3n) is 3.47. The van der Waals surface area contributed by atoms with Crippen LogP contribution in [-0.4, -0.2) is 31.6 Å². The first-order chi connectivity index (χ1) is 8.65. The van der Waals surface area contributed by atoms with Crippen molar-refractivity contribution in [1.29, 1.82) is 0 Å². The van der Waals surface area contributed by atoms with Crippen LogP contribution in [0, 0.1) is 17.6 Å². The lowest BCUT2D eigenvalue weighted by Crippen LogP contribution is -2.37. The van der Waals surface area contributed by atoms with E-state index in [0.717, 1.165) is 18.7 Å². The SMILES string of the molecule is CN1CCCC(CNCc2ccc(F)c(F)c2)C1. The van der Waals surface area contributed by atoms with Gasteiger partial charge in [0, 0.05) is 13.1 Å². The van der Waals surface area contributed by atoms with E-state index in [4.69, 9.17) is 0 Å². The maximum atomic E-state index is 13.0. The standard InChI is InChI=1S/C14H20F2N2/c1-18-6-2-3-12(10-18)9-17-8-11-4-5-13(15)14(16)7-11/h4-5,7,12,17H,2-3,6,8-10H2,1H3. The van der Waals surface area contributed by atoms with E-state index >= 15 is 0 Å². The van der Waals surface area contributed by atoms with Crippen molar-refractivity contribution >= 4 is 0 Å². The van der Waals surface area contributed by atoms with E-state index in [-0.39, 0.29) is 0 Å². The van der Waals surface area contributed by atoms with Crippen molar-refractivity contribution in [2.24, 2.45) is 5.92 Å². The van der Waals surface area contributed by atoms with Crippen LogP contribution in [0.3, 0.4) is 0 Å². The van der Waals surface area contributed by atoms with Crippen molar-refractivity contribution in [3.8, 4) is 0 Å². The molecule has 0 spiro atoms. The quantitative estimate of drug-likeness (QED) is 0.887. The minimum atomic E-state index is -0.785. The van der Waals surface area contributed by atoms with Gasteiger partial charge in [-0.15, -0.1) is 0 Å². The van der Waals surface area contributed by atoms with Crippen LogP contribution in [0.25, 0.3) is 0 Å². The molecule has 1 aliphatic heterocycles. The average Bonchev–Trinajstić information content (AvgIpc) is 2.34. The third kappa shape index (κ3) is 3.75. The van der Waals surface area contributed by atoms with Gasteiger partial charge in [-0.05, 0) is 56.6 Å². The molecule has 0 saturated carbocycles. The molecule has 2 rings (SSSR count). The van der Waals surface area contributed by atoms with E-state index in [9.17, 15) is 8.78 Å². The van der Waals surface area contributed by atoms with Crippen LogP contribution in [0.1, 0.15) is 18.4 Å². The second kappa shape index (κ2) is 6.25. The van der Waals surface area contributed by atoms with Crippen LogP contribution in [0.5, 0.6) is 0 Å². The molecule has 0 radical (unpaired) electrons. The van der Waals surface area contributed by atoms with Crippen molar-refractivity contribution in [2.75, 3.05) is 26.7 Å². The molecular weight excluding hydrogens is 234 g/mol. The highest BCUT2D eigenvalue weighted by Gasteiger charge is 2.16. The molecular formula is C14H20F2N2. The molecule has 1 aromatic carbocycles. The van der Waals surface area contributed by atoms with E-state index in [1.54, 1.807) is 6.07 Å². The molecule has 1 unspecified atom stereocenters. The maximum absolute atomic E-state index is 13.0. The topological polar surface area (TPSA) is 15.3 Å². The average molecular weight is 254 g/mol. The molecule has 1 heterocycles. The van der Waals surface area contributed by atoms with E-state index in [1.165, 1.54) is 31.5 Å². The van der Waals surface area contributed by atoms with Crippen molar-refractivity contribution in [3.05, 3.63) is 35.4 Å². The Hall–Kier alpha value is -1.00. The van der Waals surface area contributed by atoms with Crippen molar-refractivity contribution in [3.63, 3.8) is 0 Å². The number of benzene rings is 1. The number of hydrogen-bond acceptors (Lipinski definition) is 2. The van der Waals surface area contributed by atoms with Gasteiger partial charge in [0.2, 0.25) is 0 Å². The summed E-state index contributed by atoms with van der Waals surface area (Å²) in [5.74, 6) is -0.895. The minimum absolute atomic E-state index is 0.595. The second-order valence-corrected chi connectivity index (χ2v) is 5.15. The Balaban J connectivity index is 1.76. The molecule has 0 amide bonds. The van der Waals surface area contributed by atoms with E-state index < -0.39 is 11.6 Å². The minimum Gasteiger partial charge on any atom is -0.312 e. The molecule has 1 N–H and O–H groups in total. The van der Waals surface area contributed by atoms with Crippen molar-refractivity contribution < 1.29 is 8.78 Å². The van der Waals surface area contributed by atoms with Gasteiger partial charge in [-0.25, -0.2) is 8.78 Å². The van der Waals surface area contributed by atoms with E-state index in [1.807, 2.05) is 0 Å². The second-order valence-electron chi connectivity index (χ2n) is 5.15. The van der Waals surface area contributed by atoms with Gasteiger partial charge in [0.25, 0.3) is 0 Å². The zero-order valence-corrected chi connectivity index (χ0v) is 10.8. The Bertz CT molecular complexity index is 395. The van der Waals surface area contributed by atoms with Crippen LogP contribution >= 0.6 is 0 Å². The summed E-state index contributed by atoms with van der Waals surface area (Å²) in [6.07, 6.45) is 2.49. The Morgan fingerprint density at radius 3 is 2.89 bits per heavy atom. The molecule has 0 aliphatic carbocycles. The van der Waals surface area contributed by atoms with Crippen molar-refractivity contribution in [1.82, 2.24) is 10.2 Å². The lowest BCUT2D eigenvalue weighted by atomic mass is 9.98. The van der Waals surface area contributed by atoms with E-state index in [0.29, 0.717) is 12.5 Å².